The molecule has 0 aromatic heterocycles. The van der Waals surface area contributed by atoms with E-state index in [1.54, 1.807) is 0 Å². The van der Waals surface area contributed by atoms with Crippen molar-refractivity contribution in [2.45, 2.75) is 12.8 Å². The summed E-state index contributed by atoms with van der Waals surface area (Å²) in [6.45, 7) is 3.07. The Morgan fingerprint density at radius 2 is 1.88 bits per heavy atom. The molecule has 1 saturated heterocycles. The number of rotatable bonds is 5. The van der Waals surface area contributed by atoms with Crippen LogP contribution in [0.2, 0.25) is 5.02 Å². The second-order valence-electron chi connectivity index (χ2n) is 5.94. The molecule has 0 spiro atoms. The molecule has 1 fully saturated rings. The van der Waals surface area contributed by atoms with Crippen LogP contribution in [0.1, 0.15) is 12.0 Å². The van der Waals surface area contributed by atoms with E-state index in [1.807, 2.05) is 42.5 Å². The summed E-state index contributed by atoms with van der Waals surface area (Å²) in [6, 6.07) is 13.6. The van der Waals surface area contributed by atoms with Gasteiger partial charge in [0.15, 0.2) is 0 Å². The van der Waals surface area contributed by atoms with Gasteiger partial charge in [0.1, 0.15) is 0 Å². The first kappa shape index (κ1) is 18.2. The number of nitrogens with one attached hydrogen (secondary N) is 1. The smallest absolute Gasteiger partial charge is 0.224 e. The molecule has 132 valence electrons. The molecule has 2 aromatic carbocycles. The molecule has 0 bridgehead atoms. The molecule has 6 heteroatoms. The molecule has 0 atom stereocenters. The van der Waals surface area contributed by atoms with Crippen molar-refractivity contribution in [1.82, 2.24) is 0 Å². The van der Waals surface area contributed by atoms with Crippen LogP contribution in [0.15, 0.2) is 46.9 Å². The fraction of sp³-hybridized carbons (Fsp3) is 0.316. The molecular formula is C19H20BrClN2O2. The maximum Gasteiger partial charge on any atom is 0.224 e. The van der Waals surface area contributed by atoms with Crippen molar-refractivity contribution < 1.29 is 9.53 Å². The average molecular weight is 424 g/mol. The number of benzene rings is 2. The number of morpholine rings is 1. The SMILES string of the molecule is O=C(CCc1ccc(Cl)cc1)Nc1cc(Br)ccc1N1CCOCC1. The summed E-state index contributed by atoms with van der Waals surface area (Å²) in [7, 11) is 0. The summed E-state index contributed by atoms with van der Waals surface area (Å²) in [5.74, 6) is 0.00237. The number of hydrogen-bond acceptors (Lipinski definition) is 3. The number of anilines is 2. The van der Waals surface area contributed by atoms with Gasteiger partial charge in [0.05, 0.1) is 24.6 Å². The Kier molecular flexibility index (Phi) is 6.34. The normalized spacial score (nSPS) is 14.4. The number of hydrogen-bond donors (Lipinski definition) is 1. The number of aryl methyl sites for hydroxylation is 1. The number of nitrogens with zero attached hydrogens (tertiary/aromatic N) is 1. The summed E-state index contributed by atoms with van der Waals surface area (Å²) in [4.78, 5) is 14.6. The second kappa shape index (κ2) is 8.70. The predicted molar refractivity (Wildman–Crippen MR) is 106 cm³/mol. The highest BCUT2D eigenvalue weighted by Gasteiger charge is 2.16. The molecule has 1 heterocycles. The molecule has 1 aliphatic heterocycles. The largest absolute Gasteiger partial charge is 0.378 e. The van der Waals surface area contributed by atoms with Crippen molar-refractivity contribution >= 4 is 44.8 Å². The van der Waals surface area contributed by atoms with Gasteiger partial charge in [0.2, 0.25) is 5.91 Å². The van der Waals surface area contributed by atoms with Crippen LogP contribution in [-0.2, 0) is 16.0 Å². The third-order valence-electron chi connectivity index (χ3n) is 4.14. The highest BCUT2D eigenvalue weighted by atomic mass is 79.9. The Hall–Kier alpha value is -1.56. The minimum Gasteiger partial charge on any atom is -0.378 e. The van der Waals surface area contributed by atoms with E-state index >= 15 is 0 Å². The monoisotopic (exact) mass is 422 g/mol. The molecule has 2 aromatic rings. The lowest BCUT2D eigenvalue weighted by Gasteiger charge is -2.30. The van der Waals surface area contributed by atoms with Crippen LogP contribution in [0, 0.1) is 0 Å². The summed E-state index contributed by atoms with van der Waals surface area (Å²) in [6.07, 6.45) is 1.11. The molecule has 0 aliphatic carbocycles. The Bertz CT molecular complexity index is 731. The minimum atomic E-state index is 0.00237. The topological polar surface area (TPSA) is 41.6 Å². The molecule has 4 nitrogen and oxygen atoms in total. The van der Waals surface area contributed by atoms with E-state index in [0.717, 1.165) is 34.5 Å². The Labute approximate surface area is 161 Å². The van der Waals surface area contributed by atoms with Crippen molar-refractivity contribution in [3.63, 3.8) is 0 Å². The molecule has 1 amide bonds. The fourth-order valence-electron chi connectivity index (χ4n) is 2.81. The van der Waals surface area contributed by atoms with Gasteiger partial charge in [-0.2, -0.15) is 0 Å². The zero-order valence-corrected chi connectivity index (χ0v) is 16.1. The molecule has 0 unspecified atom stereocenters. The van der Waals surface area contributed by atoms with Gasteiger partial charge >= 0.3 is 0 Å². The van der Waals surface area contributed by atoms with Crippen LogP contribution in [0.4, 0.5) is 11.4 Å². The molecule has 1 aliphatic rings. The first-order valence-corrected chi connectivity index (χ1v) is 9.45. The highest BCUT2D eigenvalue weighted by molar-refractivity contribution is 9.10. The first-order valence-electron chi connectivity index (χ1n) is 8.28. The van der Waals surface area contributed by atoms with E-state index in [1.165, 1.54) is 0 Å². The quantitative estimate of drug-likeness (QED) is 0.769. The van der Waals surface area contributed by atoms with Gasteiger partial charge in [-0.3, -0.25) is 4.79 Å². The number of carbonyl (C=O) groups excluding carboxylic acids is 1. The number of ether oxygens (including phenoxy) is 1. The predicted octanol–water partition coefficient (Wildman–Crippen LogP) is 4.51. The fourth-order valence-corrected chi connectivity index (χ4v) is 3.30. The van der Waals surface area contributed by atoms with Crippen LogP contribution in [0.25, 0.3) is 0 Å². The lowest BCUT2D eigenvalue weighted by atomic mass is 10.1. The molecule has 3 rings (SSSR count). The van der Waals surface area contributed by atoms with Gasteiger partial charge in [-0.15, -0.1) is 0 Å². The van der Waals surface area contributed by atoms with E-state index in [2.05, 4.69) is 26.1 Å². The van der Waals surface area contributed by atoms with Crippen LogP contribution in [0.5, 0.6) is 0 Å². The second-order valence-corrected chi connectivity index (χ2v) is 7.29. The summed E-state index contributed by atoms with van der Waals surface area (Å²) < 4.78 is 6.36. The first-order chi connectivity index (χ1) is 12.1. The van der Waals surface area contributed by atoms with E-state index in [-0.39, 0.29) is 5.91 Å². The summed E-state index contributed by atoms with van der Waals surface area (Å²) >= 11 is 9.38. The molecule has 1 N–H and O–H groups in total. The van der Waals surface area contributed by atoms with Crippen molar-refractivity contribution in [2.75, 3.05) is 36.5 Å². The summed E-state index contributed by atoms with van der Waals surface area (Å²) in [5.41, 5.74) is 2.96. The highest BCUT2D eigenvalue weighted by Crippen LogP contribution is 2.30. The van der Waals surface area contributed by atoms with E-state index < -0.39 is 0 Å². The van der Waals surface area contributed by atoms with Crippen LogP contribution in [0.3, 0.4) is 0 Å². The molecule has 0 radical (unpaired) electrons. The van der Waals surface area contributed by atoms with Crippen molar-refractivity contribution in [2.24, 2.45) is 0 Å². The van der Waals surface area contributed by atoms with E-state index in [4.69, 9.17) is 16.3 Å². The lowest BCUT2D eigenvalue weighted by Crippen LogP contribution is -2.36. The van der Waals surface area contributed by atoms with Gasteiger partial charge in [-0.05, 0) is 42.3 Å². The number of amides is 1. The van der Waals surface area contributed by atoms with Gasteiger partial charge in [-0.25, -0.2) is 0 Å². The average Bonchev–Trinajstić information content (AvgIpc) is 2.62. The number of carbonyl (C=O) groups is 1. The third kappa shape index (κ3) is 5.21. The van der Waals surface area contributed by atoms with Gasteiger partial charge in [0, 0.05) is 29.0 Å². The van der Waals surface area contributed by atoms with Gasteiger partial charge in [-0.1, -0.05) is 39.7 Å². The van der Waals surface area contributed by atoms with Crippen molar-refractivity contribution in [1.29, 1.82) is 0 Å². The van der Waals surface area contributed by atoms with Crippen LogP contribution in [-0.4, -0.2) is 32.2 Å². The maximum atomic E-state index is 12.4. The number of halogens is 2. The zero-order chi connectivity index (χ0) is 17.6. The Morgan fingerprint density at radius 1 is 1.16 bits per heavy atom. The minimum absolute atomic E-state index is 0.00237. The van der Waals surface area contributed by atoms with Gasteiger partial charge in [0.25, 0.3) is 0 Å². The molecule has 0 saturated carbocycles. The lowest BCUT2D eigenvalue weighted by molar-refractivity contribution is -0.116. The summed E-state index contributed by atoms with van der Waals surface area (Å²) in [5, 5.41) is 3.76. The Balaban J connectivity index is 1.65. The van der Waals surface area contributed by atoms with Gasteiger partial charge < -0.3 is 15.0 Å². The third-order valence-corrected chi connectivity index (χ3v) is 4.88. The maximum absolute atomic E-state index is 12.4. The van der Waals surface area contributed by atoms with E-state index in [0.29, 0.717) is 31.1 Å². The van der Waals surface area contributed by atoms with Crippen LogP contribution < -0.4 is 10.2 Å². The van der Waals surface area contributed by atoms with Crippen molar-refractivity contribution in [3.8, 4) is 0 Å². The molecule has 25 heavy (non-hydrogen) atoms. The molecular weight excluding hydrogens is 404 g/mol. The zero-order valence-electron chi connectivity index (χ0n) is 13.8. The van der Waals surface area contributed by atoms with Crippen molar-refractivity contribution in [3.05, 3.63) is 57.5 Å². The van der Waals surface area contributed by atoms with Crippen LogP contribution >= 0.6 is 27.5 Å². The van der Waals surface area contributed by atoms with E-state index in [9.17, 15) is 4.79 Å². The Morgan fingerprint density at radius 3 is 2.60 bits per heavy atom. The standard InChI is InChI=1S/C19H20BrClN2O2/c20-15-4-7-18(23-9-11-25-12-10-23)17(13-15)22-19(24)8-3-14-1-5-16(21)6-2-14/h1-2,4-7,13H,3,8-12H2,(H,22,24).